The van der Waals surface area contributed by atoms with Crippen molar-refractivity contribution in [2.45, 2.75) is 0 Å². The molecule has 53 heavy (non-hydrogen) atoms. The number of benzene rings is 10. The van der Waals surface area contributed by atoms with E-state index in [9.17, 15) is 0 Å². The van der Waals surface area contributed by atoms with E-state index >= 15 is 0 Å². The minimum Gasteiger partial charge on any atom is -0.309 e. The van der Waals surface area contributed by atoms with Gasteiger partial charge in [-0.05, 0) is 95.9 Å². The average molecular weight is 674 g/mol. The van der Waals surface area contributed by atoms with Gasteiger partial charge in [0, 0.05) is 16.6 Å². The van der Waals surface area contributed by atoms with Gasteiger partial charge in [0.25, 0.3) is 0 Å². The topological polar surface area (TPSA) is 3.24 Å². The molecule has 0 aliphatic carbocycles. The van der Waals surface area contributed by atoms with Gasteiger partial charge in [0.15, 0.2) is 0 Å². The van der Waals surface area contributed by atoms with Crippen molar-refractivity contribution in [3.05, 3.63) is 212 Å². The summed E-state index contributed by atoms with van der Waals surface area (Å²) in [4.78, 5) is 2.45. The van der Waals surface area contributed by atoms with Crippen molar-refractivity contribution < 1.29 is 0 Å². The van der Waals surface area contributed by atoms with Crippen molar-refractivity contribution in [3.63, 3.8) is 0 Å². The van der Waals surface area contributed by atoms with Gasteiger partial charge in [0.05, 0.1) is 11.4 Å². The molecular formula is C52H35N. The van der Waals surface area contributed by atoms with Gasteiger partial charge in [-0.3, -0.25) is 0 Å². The maximum Gasteiger partial charge on any atom is 0.0540 e. The predicted octanol–water partition coefficient (Wildman–Crippen LogP) is 14.8. The molecule has 0 aliphatic heterocycles. The van der Waals surface area contributed by atoms with E-state index in [2.05, 4.69) is 217 Å². The maximum absolute atomic E-state index is 2.45. The van der Waals surface area contributed by atoms with E-state index in [4.69, 9.17) is 0 Å². The number of para-hydroxylation sites is 1. The highest BCUT2D eigenvalue weighted by molar-refractivity contribution is 6.14. The highest BCUT2D eigenvalue weighted by atomic mass is 15.1. The molecule has 10 rings (SSSR count). The summed E-state index contributed by atoms with van der Waals surface area (Å²) < 4.78 is 0. The fourth-order valence-corrected chi connectivity index (χ4v) is 8.21. The highest BCUT2D eigenvalue weighted by Crippen LogP contribution is 2.46. The second-order valence-corrected chi connectivity index (χ2v) is 13.7. The summed E-state index contributed by atoms with van der Waals surface area (Å²) >= 11 is 0. The molecule has 0 saturated carbocycles. The van der Waals surface area contributed by atoms with E-state index in [-0.39, 0.29) is 0 Å². The van der Waals surface area contributed by atoms with Crippen LogP contribution in [0, 0.1) is 0 Å². The van der Waals surface area contributed by atoms with Gasteiger partial charge in [-0.25, -0.2) is 0 Å². The number of fused-ring (bicyclic) bond motifs is 5. The van der Waals surface area contributed by atoms with E-state index in [1.807, 2.05) is 0 Å². The third kappa shape index (κ3) is 5.34. The molecule has 10 aromatic carbocycles. The first-order chi connectivity index (χ1) is 26.3. The fourth-order valence-electron chi connectivity index (χ4n) is 8.21. The van der Waals surface area contributed by atoms with Crippen LogP contribution in [0.4, 0.5) is 17.1 Å². The molecule has 0 aliphatic rings. The lowest BCUT2D eigenvalue weighted by atomic mass is 9.93. The van der Waals surface area contributed by atoms with Crippen LogP contribution >= 0.6 is 0 Å². The van der Waals surface area contributed by atoms with Crippen molar-refractivity contribution in [1.82, 2.24) is 0 Å². The lowest BCUT2D eigenvalue weighted by Gasteiger charge is -2.29. The van der Waals surface area contributed by atoms with Crippen LogP contribution in [0.15, 0.2) is 212 Å². The molecule has 10 aromatic rings. The monoisotopic (exact) mass is 673 g/mol. The number of nitrogens with zero attached hydrogens (tertiary/aromatic N) is 1. The number of hydrogen-bond donors (Lipinski definition) is 0. The zero-order valence-corrected chi connectivity index (χ0v) is 29.2. The van der Waals surface area contributed by atoms with Crippen LogP contribution in [-0.4, -0.2) is 0 Å². The summed E-state index contributed by atoms with van der Waals surface area (Å²) in [5.41, 5.74) is 10.6. The lowest BCUT2D eigenvalue weighted by molar-refractivity contribution is 1.30. The van der Waals surface area contributed by atoms with Gasteiger partial charge in [0.2, 0.25) is 0 Å². The zero-order chi connectivity index (χ0) is 35.1. The summed E-state index contributed by atoms with van der Waals surface area (Å²) in [6, 6.07) is 77.3. The summed E-state index contributed by atoms with van der Waals surface area (Å²) in [5, 5.41) is 9.97. The first-order valence-electron chi connectivity index (χ1n) is 18.3. The van der Waals surface area contributed by atoms with Crippen LogP contribution in [0.5, 0.6) is 0 Å². The second-order valence-electron chi connectivity index (χ2n) is 13.7. The lowest BCUT2D eigenvalue weighted by Crippen LogP contribution is -2.12. The Bertz CT molecular complexity index is 2940. The number of hydrogen-bond acceptors (Lipinski definition) is 1. The first kappa shape index (κ1) is 30.8. The molecule has 0 spiro atoms. The van der Waals surface area contributed by atoms with Crippen molar-refractivity contribution in [3.8, 4) is 33.4 Å². The molecule has 248 valence electrons. The molecule has 0 radical (unpaired) electrons. The number of rotatable bonds is 6. The predicted molar refractivity (Wildman–Crippen MR) is 227 cm³/mol. The SMILES string of the molecule is c1ccc(-c2cccc3c(N(c4ccc(-c5cc6ccccc6c6ccccc56)cc4)c4ccccc4-c4cccc5ccccc45)cccc23)cc1. The fraction of sp³-hybridized carbons (Fsp3) is 0. The average Bonchev–Trinajstić information content (AvgIpc) is 3.24. The minimum absolute atomic E-state index is 1.10. The molecule has 0 saturated heterocycles. The molecule has 0 heterocycles. The van der Waals surface area contributed by atoms with Gasteiger partial charge in [-0.2, -0.15) is 0 Å². The van der Waals surface area contributed by atoms with E-state index < -0.39 is 0 Å². The highest BCUT2D eigenvalue weighted by Gasteiger charge is 2.21. The molecule has 1 heteroatoms. The van der Waals surface area contributed by atoms with Crippen LogP contribution in [0.2, 0.25) is 0 Å². The maximum atomic E-state index is 2.45. The summed E-state index contributed by atoms with van der Waals surface area (Å²) in [7, 11) is 0. The van der Waals surface area contributed by atoms with Crippen molar-refractivity contribution in [1.29, 1.82) is 0 Å². The molecule has 0 amide bonds. The van der Waals surface area contributed by atoms with Gasteiger partial charge < -0.3 is 4.90 Å². The summed E-state index contributed by atoms with van der Waals surface area (Å²) in [5.74, 6) is 0. The van der Waals surface area contributed by atoms with Crippen LogP contribution < -0.4 is 4.90 Å². The van der Waals surface area contributed by atoms with Crippen molar-refractivity contribution in [2.75, 3.05) is 4.90 Å². The Labute approximate surface area is 309 Å². The molecule has 0 aromatic heterocycles. The van der Waals surface area contributed by atoms with Gasteiger partial charge in [-0.15, -0.1) is 0 Å². The van der Waals surface area contributed by atoms with Gasteiger partial charge >= 0.3 is 0 Å². The van der Waals surface area contributed by atoms with Crippen LogP contribution in [0.25, 0.3) is 76.5 Å². The molecule has 0 atom stereocenters. The van der Waals surface area contributed by atoms with Crippen molar-refractivity contribution >= 4 is 60.2 Å². The van der Waals surface area contributed by atoms with Crippen LogP contribution in [-0.2, 0) is 0 Å². The Hall–Kier alpha value is -6.96. The Kier molecular flexibility index (Phi) is 7.55. The third-order valence-electron chi connectivity index (χ3n) is 10.7. The van der Waals surface area contributed by atoms with Gasteiger partial charge in [-0.1, -0.05) is 182 Å². The molecule has 1 nitrogen and oxygen atoms in total. The summed E-state index contributed by atoms with van der Waals surface area (Å²) in [6.45, 7) is 0. The molecule has 0 fully saturated rings. The Morgan fingerprint density at radius 3 is 1.60 bits per heavy atom. The molecule has 0 unspecified atom stereocenters. The van der Waals surface area contributed by atoms with Crippen LogP contribution in [0.1, 0.15) is 0 Å². The van der Waals surface area contributed by atoms with Crippen molar-refractivity contribution in [2.24, 2.45) is 0 Å². The second kappa shape index (κ2) is 13.0. The Morgan fingerprint density at radius 1 is 0.245 bits per heavy atom. The normalized spacial score (nSPS) is 11.4. The Balaban J connectivity index is 1.20. The first-order valence-corrected chi connectivity index (χ1v) is 18.3. The zero-order valence-electron chi connectivity index (χ0n) is 29.2. The molecule has 0 N–H and O–H groups in total. The molecule has 0 bridgehead atoms. The van der Waals surface area contributed by atoms with Gasteiger partial charge in [0.1, 0.15) is 0 Å². The minimum atomic E-state index is 1.10. The number of anilines is 3. The van der Waals surface area contributed by atoms with E-state index in [1.165, 1.54) is 76.5 Å². The Morgan fingerprint density at radius 2 is 0.755 bits per heavy atom. The van der Waals surface area contributed by atoms with E-state index in [0.717, 1.165) is 17.1 Å². The van der Waals surface area contributed by atoms with E-state index in [1.54, 1.807) is 0 Å². The quantitative estimate of drug-likeness (QED) is 0.159. The summed E-state index contributed by atoms with van der Waals surface area (Å²) in [6.07, 6.45) is 0. The standard InChI is InChI=1S/C52H35N/c1-2-15-36(16-3-1)42-25-13-28-49-46(42)27-14-30-52(49)53(51-29-11-10-24-48(51)45-26-12-19-37-17-4-6-20-41(37)45)40-33-31-38(32-34-40)50-35-39-18-5-7-21-43(39)44-22-8-9-23-47(44)50/h1-35H. The largest absolute Gasteiger partial charge is 0.309 e. The molecular weight excluding hydrogens is 639 g/mol. The van der Waals surface area contributed by atoms with Crippen LogP contribution in [0.3, 0.4) is 0 Å². The smallest absolute Gasteiger partial charge is 0.0540 e. The third-order valence-corrected chi connectivity index (χ3v) is 10.7. The van der Waals surface area contributed by atoms with E-state index in [0.29, 0.717) is 0 Å².